The molecule has 1 rings (SSSR count). The molecule has 0 atom stereocenters. The zero-order valence-corrected chi connectivity index (χ0v) is 7.96. The normalized spacial score (nSPS) is 11.9. The fraction of sp³-hybridized carbons (Fsp3) is 0.200. The number of rotatable bonds is 4. The largest absolute Gasteiger partial charge is 0.592 e. The Morgan fingerprint density at radius 1 is 1.43 bits per heavy atom. The number of hydrogen-bond donors (Lipinski definition) is 0. The van der Waals surface area contributed by atoms with Gasteiger partial charge in [-0.1, -0.05) is 30.3 Å². The second kappa shape index (κ2) is 5.75. The highest BCUT2D eigenvalue weighted by molar-refractivity contribution is 5.47. The third-order valence-electron chi connectivity index (χ3n) is 1.46. The van der Waals surface area contributed by atoms with Crippen LogP contribution in [0.2, 0.25) is 0 Å². The van der Waals surface area contributed by atoms with Gasteiger partial charge in [0.15, 0.2) is 0 Å². The Labute approximate surface area is 82.7 Å². The van der Waals surface area contributed by atoms with Crippen LogP contribution in [0.3, 0.4) is 0 Å². The van der Waals surface area contributed by atoms with E-state index in [1.807, 2.05) is 30.3 Å². The molecule has 4 heteroatoms. The molecule has 0 heterocycles. The van der Waals surface area contributed by atoms with Crippen LogP contribution in [-0.2, 0) is 4.84 Å². The first-order chi connectivity index (χ1) is 6.83. The smallest absolute Gasteiger partial charge is 0.213 e. The molecule has 0 amide bonds. The SMILES string of the molecule is CCO/N=[N+]([O-])/C=C/c1ccccc1. The average Bonchev–Trinajstić information content (AvgIpc) is 2.25. The van der Waals surface area contributed by atoms with E-state index >= 15 is 0 Å². The molecule has 0 unspecified atom stereocenters. The summed E-state index contributed by atoms with van der Waals surface area (Å²) in [5.74, 6) is 0. The molecule has 0 aliphatic heterocycles. The van der Waals surface area contributed by atoms with Crippen molar-refractivity contribution in [2.45, 2.75) is 6.92 Å². The summed E-state index contributed by atoms with van der Waals surface area (Å²) in [5.41, 5.74) is 0.944. The monoisotopic (exact) mass is 192 g/mol. The molecule has 0 aliphatic rings. The van der Waals surface area contributed by atoms with Gasteiger partial charge < -0.3 is 10.0 Å². The summed E-state index contributed by atoms with van der Waals surface area (Å²) < 4.78 is 0. The average molecular weight is 192 g/mol. The van der Waals surface area contributed by atoms with Crippen molar-refractivity contribution in [2.75, 3.05) is 6.61 Å². The van der Waals surface area contributed by atoms with Gasteiger partial charge in [-0.3, -0.25) is 0 Å². The molecule has 0 fully saturated rings. The Kier molecular flexibility index (Phi) is 4.20. The van der Waals surface area contributed by atoms with Gasteiger partial charge in [0.2, 0.25) is 11.5 Å². The highest BCUT2D eigenvalue weighted by Gasteiger charge is 1.88. The van der Waals surface area contributed by atoms with Crippen LogP contribution in [0.15, 0.2) is 41.8 Å². The van der Waals surface area contributed by atoms with Gasteiger partial charge in [0, 0.05) is 6.08 Å². The maximum atomic E-state index is 10.9. The molecule has 0 aromatic heterocycles. The molecule has 4 nitrogen and oxygen atoms in total. The first kappa shape index (κ1) is 10.2. The molecule has 0 radical (unpaired) electrons. The minimum absolute atomic E-state index is 0.385. The van der Waals surface area contributed by atoms with Gasteiger partial charge in [-0.05, 0) is 17.3 Å². The van der Waals surface area contributed by atoms with E-state index in [0.717, 1.165) is 5.56 Å². The van der Waals surface area contributed by atoms with E-state index < -0.39 is 0 Å². The second-order valence-electron chi connectivity index (χ2n) is 2.53. The van der Waals surface area contributed by atoms with E-state index in [4.69, 9.17) is 0 Å². The third-order valence-corrected chi connectivity index (χ3v) is 1.46. The number of hydrogen-bond acceptors (Lipinski definition) is 3. The van der Waals surface area contributed by atoms with E-state index in [9.17, 15) is 5.21 Å². The van der Waals surface area contributed by atoms with Crippen LogP contribution < -0.4 is 0 Å². The molecule has 0 aliphatic carbocycles. The highest BCUT2D eigenvalue weighted by atomic mass is 16.7. The fourth-order valence-corrected chi connectivity index (χ4v) is 0.856. The first-order valence-electron chi connectivity index (χ1n) is 4.35. The Morgan fingerprint density at radius 2 is 2.14 bits per heavy atom. The third kappa shape index (κ3) is 3.71. The zero-order chi connectivity index (χ0) is 10.2. The van der Waals surface area contributed by atoms with Crippen LogP contribution in [0, 0.1) is 5.21 Å². The van der Waals surface area contributed by atoms with E-state index in [1.165, 1.54) is 6.20 Å². The Morgan fingerprint density at radius 3 is 2.79 bits per heavy atom. The van der Waals surface area contributed by atoms with Gasteiger partial charge in [0.25, 0.3) is 0 Å². The molecule has 1 aromatic rings. The van der Waals surface area contributed by atoms with Crippen LogP contribution >= 0.6 is 0 Å². The second-order valence-corrected chi connectivity index (χ2v) is 2.53. The van der Waals surface area contributed by atoms with Crippen LogP contribution in [0.1, 0.15) is 12.5 Å². The molecule has 0 bridgehead atoms. The summed E-state index contributed by atoms with van der Waals surface area (Å²) in [6, 6.07) is 9.50. The van der Waals surface area contributed by atoms with Crippen molar-refractivity contribution in [3.05, 3.63) is 47.3 Å². The molecule has 0 N–H and O–H groups in total. The molecule has 74 valence electrons. The Hall–Kier alpha value is -1.84. The van der Waals surface area contributed by atoms with Gasteiger partial charge >= 0.3 is 0 Å². The van der Waals surface area contributed by atoms with E-state index in [0.29, 0.717) is 11.5 Å². The summed E-state index contributed by atoms with van der Waals surface area (Å²) in [5, 5.41) is 14.2. The quantitative estimate of drug-likeness (QED) is 0.418. The number of benzene rings is 1. The maximum absolute atomic E-state index is 10.9. The standard InChI is InChI=1S/C10H12N2O2/c1-2-14-11-12(13)9-8-10-6-4-3-5-7-10/h3-9H,2H2,1H3/b9-8+,12-11-. The fourth-order valence-electron chi connectivity index (χ4n) is 0.856. The summed E-state index contributed by atoms with van der Waals surface area (Å²) in [4.78, 5) is 4.96. The van der Waals surface area contributed by atoms with Crippen molar-refractivity contribution in [1.29, 1.82) is 0 Å². The lowest BCUT2D eigenvalue weighted by atomic mass is 10.2. The van der Waals surface area contributed by atoms with Crippen molar-refractivity contribution in [3.63, 3.8) is 0 Å². The Balaban J connectivity index is 2.56. The van der Waals surface area contributed by atoms with E-state index in [-0.39, 0.29) is 0 Å². The molecule has 1 aromatic carbocycles. The van der Waals surface area contributed by atoms with Crippen molar-refractivity contribution in [1.82, 2.24) is 0 Å². The minimum Gasteiger partial charge on any atom is -0.592 e. The summed E-state index contributed by atoms with van der Waals surface area (Å²) in [6.07, 6.45) is 2.96. The molecular formula is C10H12N2O2. The van der Waals surface area contributed by atoms with E-state index in [1.54, 1.807) is 13.0 Å². The Bertz CT molecular complexity index is 320. The summed E-state index contributed by atoms with van der Waals surface area (Å²) >= 11 is 0. The molecule has 14 heavy (non-hydrogen) atoms. The van der Waals surface area contributed by atoms with Gasteiger partial charge in [-0.2, -0.15) is 0 Å². The number of nitrogens with zero attached hydrogens (tertiary/aromatic N) is 2. The summed E-state index contributed by atoms with van der Waals surface area (Å²) in [7, 11) is 0. The molecular weight excluding hydrogens is 180 g/mol. The van der Waals surface area contributed by atoms with Crippen LogP contribution in [0.5, 0.6) is 0 Å². The lowest BCUT2D eigenvalue weighted by Gasteiger charge is -1.92. The van der Waals surface area contributed by atoms with Crippen LogP contribution in [0.25, 0.3) is 6.08 Å². The van der Waals surface area contributed by atoms with Gasteiger partial charge in [0.1, 0.15) is 6.61 Å². The predicted octanol–water partition coefficient (Wildman–Crippen LogP) is 2.57. The molecule has 0 saturated heterocycles. The lowest BCUT2D eigenvalue weighted by Crippen LogP contribution is -1.90. The molecule has 0 saturated carbocycles. The summed E-state index contributed by atoms with van der Waals surface area (Å²) in [6.45, 7) is 2.15. The van der Waals surface area contributed by atoms with Crippen molar-refractivity contribution in [3.8, 4) is 0 Å². The number of hydroxylamine groups is 1. The lowest BCUT2D eigenvalue weighted by molar-refractivity contribution is -0.492. The minimum atomic E-state index is 0.385. The van der Waals surface area contributed by atoms with Crippen LogP contribution in [-0.4, -0.2) is 11.5 Å². The maximum Gasteiger partial charge on any atom is 0.213 e. The predicted molar refractivity (Wildman–Crippen MR) is 53.2 cm³/mol. The highest BCUT2D eigenvalue weighted by Crippen LogP contribution is 2.00. The molecule has 0 spiro atoms. The topological polar surface area (TPSA) is 47.7 Å². The van der Waals surface area contributed by atoms with Crippen molar-refractivity contribution >= 4 is 6.08 Å². The van der Waals surface area contributed by atoms with Crippen molar-refractivity contribution < 1.29 is 9.70 Å². The van der Waals surface area contributed by atoms with Gasteiger partial charge in [-0.25, -0.2) is 0 Å². The zero-order valence-electron chi connectivity index (χ0n) is 7.96. The van der Waals surface area contributed by atoms with E-state index in [2.05, 4.69) is 10.1 Å². The van der Waals surface area contributed by atoms with Crippen LogP contribution in [0.4, 0.5) is 0 Å². The van der Waals surface area contributed by atoms with Crippen molar-refractivity contribution in [2.24, 2.45) is 5.28 Å². The van der Waals surface area contributed by atoms with Gasteiger partial charge in [-0.15, -0.1) is 0 Å². The first-order valence-corrected chi connectivity index (χ1v) is 4.35. The van der Waals surface area contributed by atoms with Gasteiger partial charge in [0.05, 0.1) is 0 Å².